The molecule has 0 unspecified atom stereocenters. The number of carbonyl (C=O) groups excluding carboxylic acids is 1. The van der Waals surface area contributed by atoms with Crippen molar-refractivity contribution in [2.24, 2.45) is 5.92 Å². The molecule has 2 saturated carbocycles. The first kappa shape index (κ1) is 16.5. The number of aromatic nitrogens is 2. The van der Waals surface area contributed by atoms with E-state index in [9.17, 15) is 4.79 Å². The molecule has 0 aliphatic heterocycles. The van der Waals surface area contributed by atoms with Crippen LogP contribution in [0.2, 0.25) is 0 Å². The van der Waals surface area contributed by atoms with Crippen LogP contribution in [0.1, 0.15) is 66.5 Å². The van der Waals surface area contributed by atoms with E-state index in [2.05, 4.69) is 15.3 Å². The van der Waals surface area contributed by atoms with Gasteiger partial charge in [-0.3, -0.25) is 4.79 Å². The summed E-state index contributed by atoms with van der Waals surface area (Å²) in [6.45, 7) is 4.63. The molecule has 2 heterocycles. The molecular formula is C19H23N3O2S. The number of nitrogens with zero attached hydrogens (tertiary/aromatic N) is 2. The van der Waals surface area contributed by atoms with Crippen LogP contribution in [0.15, 0.2) is 23.7 Å². The monoisotopic (exact) mass is 357 g/mol. The first-order chi connectivity index (χ1) is 12.0. The molecule has 6 heteroatoms. The quantitative estimate of drug-likeness (QED) is 0.817. The van der Waals surface area contributed by atoms with Gasteiger partial charge in [-0.25, -0.2) is 9.97 Å². The highest BCUT2D eigenvalue weighted by Crippen LogP contribution is 2.42. The third-order valence-electron chi connectivity index (χ3n) is 4.69. The van der Waals surface area contributed by atoms with Gasteiger partial charge in [0.1, 0.15) is 10.7 Å². The van der Waals surface area contributed by atoms with Crippen molar-refractivity contribution >= 4 is 17.2 Å². The third-order valence-corrected chi connectivity index (χ3v) is 5.79. The predicted octanol–water partition coefficient (Wildman–Crippen LogP) is 3.87. The Morgan fingerprint density at radius 2 is 2.12 bits per heavy atom. The van der Waals surface area contributed by atoms with Crippen LogP contribution in [-0.4, -0.2) is 22.5 Å². The smallest absolute Gasteiger partial charge is 0.271 e. The van der Waals surface area contributed by atoms with Gasteiger partial charge in [0.05, 0.1) is 12.1 Å². The first-order valence-corrected chi connectivity index (χ1v) is 9.77. The van der Waals surface area contributed by atoms with Crippen LogP contribution in [-0.2, 0) is 5.54 Å². The Morgan fingerprint density at radius 1 is 1.32 bits per heavy atom. The van der Waals surface area contributed by atoms with E-state index in [0.29, 0.717) is 30.0 Å². The number of amides is 1. The summed E-state index contributed by atoms with van der Waals surface area (Å²) >= 11 is 1.54. The maximum atomic E-state index is 13.0. The van der Waals surface area contributed by atoms with Crippen LogP contribution < -0.4 is 10.1 Å². The Labute approximate surface area is 151 Å². The molecule has 1 N–H and O–H groups in total. The van der Waals surface area contributed by atoms with Gasteiger partial charge in [0, 0.05) is 17.6 Å². The van der Waals surface area contributed by atoms with E-state index < -0.39 is 5.54 Å². The van der Waals surface area contributed by atoms with Gasteiger partial charge in [-0.05, 0) is 56.9 Å². The highest BCUT2D eigenvalue weighted by atomic mass is 32.1. The number of rotatable bonds is 7. The van der Waals surface area contributed by atoms with E-state index in [-0.39, 0.29) is 5.91 Å². The second-order valence-corrected chi connectivity index (χ2v) is 8.43. The first-order valence-electron chi connectivity index (χ1n) is 8.89. The topological polar surface area (TPSA) is 64.1 Å². The van der Waals surface area contributed by atoms with Crippen LogP contribution in [0, 0.1) is 5.92 Å². The predicted molar refractivity (Wildman–Crippen MR) is 97.0 cm³/mol. The second kappa shape index (κ2) is 6.41. The molecule has 2 fully saturated rings. The van der Waals surface area contributed by atoms with Crippen LogP contribution in [0.5, 0.6) is 5.88 Å². The molecule has 0 aromatic carbocycles. The van der Waals surface area contributed by atoms with Gasteiger partial charge in [-0.2, -0.15) is 0 Å². The summed E-state index contributed by atoms with van der Waals surface area (Å²) in [5.41, 5.74) is 1.00. The average Bonchev–Trinajstić information content (AvgIpc) is 3.52. The molecule has 2 aliphatic rings. The molecule has 0 saturated heterocycles. The van der Waals surface area contributed by atoms with E-state index in [4.69, 9.17) is 4.74 Å². The molecule has 0 radical (unpaired) electrons. The summed E-state index contributed by atoms with van der Waals surface area (Å²) in [7, 11) is 0. The van der Waals surface area contributed by atoms with Gasteiger partial charge in [-0.1, -0.05) is 6.07 Å². The molecule has 0 bridgehead atoms. The van der Waals surface area contributed by atoms with E-state index in [1.54, 1.807) is 17.5 Å². The molecule has 25 heavy (non-hydrogen) atoms. The van der Waals surface area contributed by atoms with E-state index in [1.165, 1.54) is 12.8 Å². The zero-order valence-corrected chi connectivity index (χ0v) is 15.4. The maximum Gasteiger partial charge on any atom is 0.271 e. The van der Waals surface area contributed by atoms with Crippen molar-refractivity contribution in [1.29, 1.82) is 0 Å². The maximum absolute atomic E-state index is 13.0. The minimum atomic E-state index is -0.529. The minimum Gasteiger partial charge on any atom is -0.477 e. The molecule has 2 aromatic heterocycles. The molecule has 132 valence electrons. The van der Waals surface area contributed by atoms with Gasteiger partial charge >= 0.3 is 0 Å². The van der Waals surface area contributed by atoms with E-state index in [1.807, 2.05) is 31.4 Å². The number of ether oxygens (including phenoxy) is 1. The molecule has 4 rings (SSSR count). The standard InChI is InChI=1S/C19H23N3O2S/c1-19(2,18-20-9-10-25-18)22-17(23)16-14(13-5-6-13)7-8-15(21-16)24-11-12-3-4-12/h7-10,12-13H,3-6,11H2,1-2H3,(H,22,23). The summed E-state index contributed by atoms with van der Waals surface area (Å²) in [5, 5.41) is 5.90. The Morgan fingerprint density at radius 3 is 2.76 bits per heavy atom. The number of pyridine rings is 1. The van der Waals surface area contributed by atoms with Crippen molar-refractivity contribution in [3.8, 4) is 5.88 Å². The lowest BCUT2D eigenvalue weighted by molar-refractivity contribution is 0.0904. The van der Waals surface area contributed by atoms with Crippen molar-refractivity contribution < 1.29 is 9.53 Å². The molecule has 0 atom stereocenters. The number of nitrogens with one attached hydrogen (secondary N) is 1. The molecular weight excluding hydrogens is 334 g/mol. The van der Waals surface area contributed by atoms with Crippen molar-refractivity contribution in [3.05, 3.63) is 40.0 Å². The fourth-order valence-electron chi connectivity index (χ4n) is 2.85. The van der Waals surface area contributed by atoms with Crippen LogP contribution in [0.25, 0.3) is 0 Å². The summed E-state index contributed by atoms with van der Waals surface area (Å²) in [6.07, 6.45) is 6.47. The zero-order valence-electron chi connectivity index (χ0n) is 14.6. The summed E-state index contributed by atoms with van der Waals surface area (Å²) < 4.78 is 5.78. The fourth-order valence-corrected chi connectivity index (χ4v) is 3.57. The van der Waals surface area contributed by atoms with Crippen LogP contribution in [0.4, 0.5) is 0 Å². The number of thiazole rings is 1. The SMILES string of the molecule is CC(C)(NC(=O)c1nc(OCC2CC2)ccc1C1CC1)c1nccs1. The Kier molecular flexibility index (Phi) is 4.23. The molecule has 1 amide bonds. The lowest BCUT2D eigenvalue weighted by atomic mass is 10.0. The van der Waals surface area contributed by atoms with Crippen molar-refractivity contribution in [3.63, 3.8) is 0 Å². The number of carbonyl (C=O) groups is 1. The third kappa shape index (κ3) is 3.84. The Hall–Kier alpha value is -1.95. The van der Waals surface area contributed by atoms with Gasteiger partial charge in [-0.15, -0.1) is 11.3 Å². The Balaban J connectivity index is 1.55. The minimum absolute atomic E-state index is 0.154. The van der Waals surface area contributed by atoms with Crippen LogP contribution in [0.3, 0.4) is 0 Å². The average molecular weight is 357 g/mol. The zero-order chi connectivity index (χ0) is 17.4. The lowest BCUT2D eigenvalue weighted by Crippen LogP contribution is -2.41. The largest absolute Gasteiger partial charge is 0.477 e. The highest BCUT2D eigenvalue weighted by molar-refractivity contribution is 7.09. The number of hydrogen-bond donors (Lipinski definition) is 1. The van der Waals surface area contributed by atoms with Crippen molar-refractivity contribution in [2.45, 2.75) is 51.0 Å². The summed E-state index contributed by atoms with van der Waals surface area (Å²) in [4.78, 5) is 21.8. The number of hydrogen-bond acceptors (Lipinski definition) is 5. The molecule has 0 spiro atoms. The highest BCUT2D eigenvalue weighted by Gasteiger charge is 2.32. The van der Waals surface area contributed by atoms with Gasteiger partial charge < -0.3 is 10.1 Å². The van der Waals surface area contributed by atoms with E-state index in [0.717, 1.165) is 23.4 Å². The van der Waals surface area contributed by atoms with Gasteiger partial charge in [0.25, 0.3) is 5.91 Å². The molecule has 5 nitrogen and oxygen atoms in total. The summed E-state index contributed by atoms with van der Waals surface area (Å²) in [6, 6.07) is 3.91. The molecule has 2 aliphatic carbocycles. The lowest BCUT2D eigenvalue weighted by Gasteiger charge is -2.24. The van der Waals surface area contributed by atoms with Crippen molar-refractivity contribution in [2.75, 3.05) is 6.61 Å². The molecule has 2 aromatic rings. The normalized spacial score (nSPS) is 17.4. The van der Waals surface area contributed by atoms with E-state index >= 15 is 0 Å². The van der Waals surface area contributed by atoms with Gasteiger partial charge in [0.2, 0.25) is 5.88 Å². The second-order valence-electron chi connectivity index (χ2n) is 7.53. The van der Waals surface area contributed by atoms with Crippen molar-refractivity contribution in [1.82, 2.24) is 15.3 Å². The fraction of sp³-hybridized carbons (Fsp3) is 0.526. The van der Waals surface area contributed by atoms with Crippen LogP contribution >= 0.6 is 11.3 Å². The Bertz CT molecular complexity index is 765. The van der Waals surface area contributed by atoms with Gasteiger partial charge in [0.15, 0.2) is 0 Å². The summed E-state index contributed by atoms with van der Waals surface area (Å²) in [5.74, 6) is 1.51.